The zero-order chi connectivity index (χ0) is 31.8. The molecule has 1 N–H and O–H groups in total. The number of esters is 1. The molecule has 2 aliphatic rings. The first kappa shape index (κ1) is 31.7. The van der Waals surface area contributed by atoms with Crippen molar-refractivity contribution in [2.24, 2.45) is 5.92 Å². The molecule has 0 aromatic heterocycles. The Kier molecular flexibility index (Phi) is 10.3. The Morgan fingerprint density at radius 3 is 2.07 bits per heavy atom. The fraction of sp³-hybridized carbons (Fsp3) is 0.286. The highest BCUT2D eigenvalue weighted by molar-refractivity contribution is 8.05. The number of amides is 2. The van der Waals surface area contributed by atoms with E-state index in [4.69, 9.17) is 14.2 Å². The SMILES string of the molecule is CNC(=O)/C=C/SC1=C(C(=O)OCc2ccc([N+](=O)[O-])cc2)N2C(=O)C(CCOC(=O)OCc3ccc([N+](=O)[O-])cc3)C2C1. The standard InChI is InChI=1S/C28H26N4O11S/c1-29-24(33)11-13-44-23-14-22-21(10-12-41-28(36)43-16-18-4-8-20(9-5-18)32(39)40)26(34)30(22)25(23)27(35)42-15-17-2-6-19(7-3-17)31(37)38/h2-9,11,13,21-22H,10,12,14-16H2,1H3,(H,29,33)/b13-11+. The van der Waals surface area contributed by atoms with Crippen molar-refractivity contribution in [3.05, 3.63) is 102 Å². The first-order valence-corrected chi connectivity index (χ1v) is 14.0. The van der Waals surface area contributed by atoms with Crippen molar-refractivity contribution in [2.75, 3.05) is 13.7 Å². The summed E-state index contributed by atoms with van der Waals surface area (Å²) in [5.74, 6) is -2.02. The summed E-state index contributed by atoms with van der Waals surface area (Å²) in [6.07, 6.45) is 0.792. The molecule has 2 unspecified atom stereocenters. The fourth-order valence-electron chi connectivity index (χ4n) is 4.53. The number of likely N-dealkylation sites (N-methyl/N-ethyl adjacent to an activating group) is 1. The van der Waals surface area contributed by atoms with E-state index in [2.05, 4.69) is 5.32 Å². The molecule has 2 aromatic rings. The topological polar surface area (TPSA) is 198 Å². The van der Waals surface area contributed by atoms with Gasteiger partial charge in [0, 0.05) is 48.7 Å². The highest BCUT2D eigenvalue weighted by Gasteiger charge is 2.55. The van der Waals surface area contributed by atoms with Gasteiger partial charge in [0.2, 0.25) is 11.8 Å². The van der Waals surface area contributed by atoms with Crippen LogP contribution in [0.15, 0.2) is 70.6 Å². The first-order chi connectivity index (χ1) is 21.1. The number of rotatable bonds is 13. The number of benzene rings is 2. The molecule has 2 amide bonds. The van der Waals surface area contributed by atoms with Gasteiger partial charge in [0.15, 0.2) is 0 Å². The normalized spacial score (nSPS) is 17.1. The molecule has 4 rings (SSSR count). The molecule has 44 heavy (non-hydrogen) atoms. The van der Waals surface area contributed by atoms with Gasteiger partial charge < -0.3 is 24.4 Å². The molecule has 0 spiro atoms. The number of hydrogen-bond acceptors (Lipinski definition) is 12. The Labute approximate surface area is 254 Å². The number of ether oxygens (including phenoxy) is 3. The van der Waals surface area contributed by atoms with Gasteiger partial charge in [-0.3, -0.25) is 29.8 Å². The zero-order valence-corrected chi connectivity index (χ0v) is 24.0. The second kappa shape index (κ2) is 14.3. The number of nitrogens with zero attached hydrogens (tertiary/aromatic N) is 3. The number of nitro groups is 2. The van der Waals surface area contributed by atoms with Crippen molar-refractivity contribution in [1.82, 2.24) is 10.2 Å². The van der Waals surface area contributed by atoms with Gasteiger partial charge in [0.25, 0.3) is 11.4 Å². The smallest absolute Gasteiger partial charge is 0.456 e. The van der Waals surface area contributed by atoms with Gasteiger partial charge >= 0.3 is 12.1 Å². The molecule has 0 aliphatic carbocycles. The number of thioether (sulfide) groups is 1. The lowest BCUT2D eigenvalue weighted by molar-refractivity contribution is -0.385. The quantitative estimate of drug-likeness (QED) is 0.111. The third-order valence-corrected chi connectivity index (χ3v) is 7.71. The summed E-state index contributed by atoms with van der Waals surface area (Å²) in [6.45, 7) is -0.466. The summed E-state index contributed by atoms with van der Waals surface area (Å²) in [7, 11) is 1.47. The second-order valence-corrected chi connectivity index (χ2v) is 10.5. The van der Waals surface area contributed by atoms with E-state index in [1.54, 1.807) is 0 Å². The summed E-state index contributed by atoms with van der Waals surface area (Å²) in [4.78, 5) is 72.2. The van der Waals surface area contributed by atoms with Gasteiger partial charge in [-0.1, -0.05) is 11.8 Å². The molecule has 15 nitrogen and oxygen atoms in total. The summed E-state index contributed by atoms with van der Waals surface area (Å²) >= 11 is 1.10. The Bertz CT molecular complexity index is 1520. The van der Waals surface area contributed by atoms with E-state index in [1.807, 2.05) is 0 Å². The van der Waals surface area contributed by atoms with Crippen molar-refractivity contribution in [2.45, 2.75) is 32.1 Å². The third-order valence-electron chi connectivity index (χ3n) is 6.79. The molecule has 2 aromatic carbocycles. The molecular formula is C28H26N4O11S. The van der Waals surface area contributed by atoms with Crippen LogP contribution < -0.4 is 5.32 Å². The molecule has 1 fully saturated rings. The number of fused-ring (bicyclic) bond motifs is 1. The molecule has 1 saturated heterocycles. The average Bonchev–Trinajstić information content (AvgIpc) is 3.36. The van der Waals surface area contributed by atoms with Crippen LogP contribution in [-0.4, -0.2) is 58.4 Å². The summed E-state index contributed by atoms with van der Waals surface area (Å²) in [5, 5.41) is 25.6. The van der Waals surface area contributed by atoms with Crippen molar-refractivity contribution < 1.29 is 43.2 Å². The van der Waals surface area contributed by atoms with Gasteiger partial charge in [-0.25, -0.2) is 9.59 Å². The summed E-state index contributed by atoms with van der Waals surface area (Å²) < 4.78 is 15.5. The monoisotopic (exact) mass is 626 g/mol. The summed E-state index contributed by atoms with van der Waals surface area (Å²) in [5.41, 5.74) is 0.883. The minimum atomic E-state index is -0.970. The lowest BCUT2D eigenvalue weighted by Gasteiger charge is -2.43. The van der Waals surface area contributed by atoms with Gasteiger partial charge in [-0.15, -0.1) is 0 Å². The van der Waals surface area contributed by atoms with Gasteiger partial charge in [0.1, 0.15) is 18.9 Å². The van der Waals surface area contributed by atoms with E-state index in [9.17, 15) is 39.4 Å². The fourth-order valence-corrected chi connectivity index (χ4v) is 5.44. The average molecular weight is 627 g/mol. The Morgan fingerprint density at radius 1 is 0.955 bits per heavy atom. The number of β-lactam (4-membered cyclic amide) rings is 1. The molecule has 2 heterocycles. The largest absolute Gasteiger partial charge is 0.508 e. The molecule has 0 bridgehead atoms. The van der Waals surface area contributed by atoms with E-state index in [0.717, 1.165) is 11.8 Å². The third kappa shape index (κ3) is 7.57. The minimum Gasteiger partial charge on any atom is -0.456 e. The highest BCUT2D eigenvalue weighted by atomic mass is 32.2. The second-order valence-electron chi connectivity index (χ2n) is 9.49. The predicted octanol–water partition coefficient (Wildman–Crippen LogP) is 3.72. The van der Waals surface area contributed by atoms with Crippen LogP contribution in [-0.2, 0) is 41.8 Å². The number of nitro benzene ring substituents is 2. The van der Waals surface area contributed by atoms with Crippen LogP contribution in [0.3, 0.4) is 0 Å². The van der Waals surface area contributed by atoms with Crippen LogP contribution in [0, 0.1) is 26.1 Å². The minimum absolute atomic E-state index is 0.0492. The lowest BCUT2D eigenvalue weighted by Crippen LogP contribution is -2.58. The van der Waals surface area contributed by atoms with Crippen LogP contribution in [0.5, 0.6) is 0 Å². The number of nitrogens with one attached hydrogen (secondary N) is 1. The van der Waals surface area contributed by atoms with Gasteiger partial charge in [0.05, 0.1) is 28.4 Å². The maximum absolute atomic E-state index is 13.1. The predicted molar refractivity (Wildman–Crippen MR) is 153 cm³/mol. The van der Waals surface area contributed by atoms with Gasteiger partial charge in [-0.2, -0.15) is 0 Å². The molecular weight excluding hydrogens is 600 g/mol. The molecule has 0 radical (unpaired) electrons. The van der Waals surface area contributed by atoms with E-state index in [0.29, 0.717) is 22.5 Å². The molecule has 16 heteroatoms. The maximum Gasteiger partial charge on any atom is 0.508 e. The van der Waals surface area contributed by atoms with Crippen molar-refractivity contribution in [3.63, 3.8) is 0 Å². The lowest BCUT2D eigenvalue weighted by atomic mass is 9.85. The Hall–Kier alpha value is -5.25. The summed E-state index contributed by atoms with van der Waals surface area (Å²) in [6, 6.07) is 10.6. The number of carbonyl (C=O) groups excluding carboxylic acids is 4. The van der Waals surface area contributed by atoms with Crippen molar-refractivity contribution >= 4 is 47.1 Å². The van der Waals surface area contributed by atoms with Gasteiger partial charge in [-0.05, 0) is 47.2 Å². The molecule has 2 atom stereocenters. The Balaban J connectivity index is 1.32. The van der Waals surface area contributed by atoms with Crippen molar-refractivity contribution in [1.29, 1.82) is 0 Å². The number of non-ortho nitro benzene ring substituents is 2. The van der Waals surface area contributed by atoms with E-state index >= 15 is 0 Å². The zero-order valence-electron chi connectivity index (χ0n) is 23.2. The first-order valence-electron chi connectivity index (χ1n) is 13.1. The molecule has 230 valence electrons. The van der Waals surface area contributed by atoms with E-state index in [-0.39, 0.29) is 61.2 Å². The van der Waals surface area contributed by atoms with Crippen LogP contribution in [0.4, 0.5) is 16.2 Å². The van der Waals surface area contributed by atoms with E-state index in [1.165, 1.54) is 72.0 Å². The number of hydrogen-bond donors (Lipinski definition) is 1. The molecule has 2 aliphatic heterocycles. The van der Waals surface area contributed by atoms with Crippen LogP contribution in [0.2, 0.25) is 0 Å². The van der Waals surface area contributed by atoms with Crippen LogP contribution in [0.1, 0.15) is 24.0 Å². The number of carbonyl (C=O) groups is 4. The highest BCUT2D eigenvalue weighted by Crippen LogP contribution is 2.47. The van der Waals surface area contributed by atoms with E-state index < -0.39 is 27.9 Å². The van der Waals surface area contributed by atoms with Crippen molar-refractivity contribution in [3.8, 4) is 0 Å². The van der Waals surface area contributed by atoms with Crippen LogP contribution in [0.25, 0.3) is 0 Å². The van der Waals surface area contributed by atoms with Crippen LogP contribution >= 0.6 is 11.8 Å². The maximum atomic E-state index is 13.1. The molecule has 0 saturated carbocycles. The Morgan fingerprint density at radius 2 is 1.52 bits per heavy atom.